The highest BCUT2D eigenvalue weighted by Crippen LogP contribution is 2.38. The zero-order valence-electron chi connectivity index (χ0n) is 15.4. The molecule has 1 saturated heterocycles. The number of amides is 1. The number of rotatable bonds is 4. The Labute approximate surface area is 170 Å². The monoisotopic (exact) mass is 417 g/mol. The van der Waals surface area contributed by atoms with Crippen LogP contribution in [0.15, 0.2) is 54.6 Å². The summed E-state index contributed by atoms with van der Waals surface area (Å²) in [6.45, 7) is 1.98. The molecular formula is C21H18F3N3OS. The number of thiazole rings is 1. The second-order valence-electron chi connectivity index (χ2n) is 6.76. The minimum absolute atomic E-state index is 0.160. The number of aromatic nitrogens is 1. The van der Waals surface area contributed by atoms with Crippen molar-refractivity contribution in [2.45, 2.75) is 19.0 Å². The van der Waals surface area contributed by atoms with Gasteiger partial charge < -0.3 is 10.2 Å². The fraction of sp³-hybridized carbons (Fsp3) is 0.238. The highest BCUT2D eigenvalue weighted by molar-refractivity contribution is 7.17. The molecule has 4 rings (SSSR count). The Hall–Kier alpha value is -2.87. The molecule has 0 radical (unpaired) electrons. The van der Waals surface area contributed by atoms with Gasteiger partial charge in [-0.15, -0.1) is 11.3 Å². The number of hydrogen-bond acceptors (Lipinski definition) is 4. The lowest BCUT2D eigenvalue weighted by Gasteiger charge is -2.17. The second-order valence-corrected chi connectivity index (χ2v) is 7.75. The first-order valence-electron chi connectivity index (χ1n) is 9.21. The molecule has 1 amide bonds. The zero-order chi connectivity index (χ0) is 20.4. The summed E-state index contributed by atoms with van der Waals surface area (Å²) < 4.78 is 40.4. The highest BCUT2D eigenvalue weighted by Gasteiger charge is 2.39. The number of hydrogen-bond donors (Lipinski definition) is 1. The molecule has 0 atom stereocenters. The molecule has 0 unspecified atom stereocenters. The minimum Gasteiger partial charge on any atom is -0.372 e. The summed E-state index contributed by atoms with van der Waals surface area (Å²) in [6, 6.07) is 15.7. The number of anilines is 2. The number of alkyl halides is 3. The topological polar surface area (TPSA) is 45.2 Å². The van der Waals surface area contributed by atoms with Gasteiger partial charge in [0.2, 0.25) is 0 Å². The SMILES string of the molecule is O=C(Nc1ccc(N2CCCC2)cc1)c1sc(-c2ccccc2)nc1C(F)(F)F. The summed E-state index contributed by atoms with van der Waals surface area (Å²) in [7, 11) is 0. The first-order valence-corrected chi connectivity index (χ1v) is 10.0. The fourth-order valence-corrected chi connectivity index (χ4v) is 4.28. The van der Waals surface area contributed by atoms with Crippen LogP contribution in [0.1, 0.15) is 28.2 Å². The standard InChI is InChI=1S/C21H18F3N3OS/c22-21(23,24)18-17(29-20(26-18)14-6-2-1-3-7-14)19(28)25-15-8-10-16(11-9-15)27-12-4-5-13-27/h1-3,6-11H,4-5,12-13H2,(H,25,28). The molecule has 2 aromatic carbocycles. The van der Waals surface area contributed by atoms with Gasteiger partial charge in [0.05, 0.1) is 0 Å². The van der Waals surface area contributed by atoms with Crippen LogP contribution < -0.4 is 10.2 Å². The maximum absolute atomic E-state index is 13.5. The summed E-state index contributed by atoms with van der Waals surface area (Å²) in [5.74, 6) is -0.814. The van der Waals surface area contributed by atoms with Crippen LogP contribution in [-0.4, -0.2) is 24.0 Å². The Morgan fingerprint density at radius 2 is 1.66 bits per heavy atom. The van der Waals surface area contributed by atoms with Crippen molar-refractivity contribution in [2.75, 3.05) is 23.3 Å². The number of benzene rings is 2. The van der Waals surface area contributed by atoms with Gasteiger partial charge in [-0.05, 0) is 37.1 Å². The van der Waals surface area contributed by atoms with E-state index in [-0.39, 0.29) is 5.01 Å². The van der Waals surface area contributed by atoms with E-state index in [1.54, 1.807) is 42.5 Å². The summed E-state index contributed by atoms with van der Waals surface area (Å²) in [6.07, 6.45) is -2.42. The van der Waals surface area contributed by atoms with E-state index in [1.165, 1.54) is 0 Å². The van der Waals surface area contributed by atoms with Crippen molar-refractivity contribution < 1.29 is 18.0 Å². The quantitative estimate of drug-likeness (QED) is 0.594. The minimum atomic E-state index is -4.71. The molecule has 0 spiro atoms. The van der Waals surface area contributed by atoms with Crippen molar-refractivity contribution in [3.05, 3.63) is 65.2 Å². The predicted octanol–water partition coefficient (Wildman–Crippen LogP) is 5.68. The first kappa shape index (κ1) is 19.4. The molecular weight excluding hydrogens is 399 g/mol. The molecule has 4 nitrogen and oxygen atoms in total. The molecule has 3 aromatic rings. The van der Waals surface area contributed by atoms with Gasteiger partial charge >= 0.3 is 6.18 Å². The van der Waals surface area contributed by atoms with Crippen LogP contribution in [0.3, 0.4) is 0 Å². The Bertz CT molecular complexity index is 994. The van der Waals surface area contributed by atoms with Crippen molar-refractivity contribution in [1.82, 2.24) is 4.98 Å². The maximum atomic E-state index is 13.5. The zero-order valence-corrected chi connectivity index (χ0v) is 16.2. The van der Waals surface area contributed by atoms with Crippen molar-refractivity contribution in [2.24, 2.45) is 0 Å². The lowest BCUT2D eigenvalue weighted by atomic mass is 10.2. The number of nitrogens with one attached hydrogen (secondary N) is 1. The third kappa shape index (κ3) is 4.27. The molecule has 1 aromatic heterocycles. The first-order chi connectivity index (χ1) is 13.9. The molecule has 8 heteroatoms. The molecule has 1 N–H and O–H groups in total. The average molecular weight is 417 g/mol. The number of nitrogens with zero attached hydrogens (tertiary/aromatic N) is 2. The molecule has 1 aliphatic heterocycles. The fourth-order valence-electron chi connectivity index (χ4n) is 3.29. The summed E-state index contributed by atoms with van der Waals surface area (Å²) in [4.78, 5) is 18.1. The smallest absolute Gasteiger partial charge is 0.372 e. The molecule has 0 bridgehead atoms. The van der Waals surface area contributed by atoms with Crippen LogP contribution in [0.25, 0.3) is 10.6 Å². The van der Waals surface area contributed by atoms with E-state index in [0.717, 1.165) is 43.0 Å². The lowest BCUT2D eigenvalue weighted by Crippen LogP contribution is -2.18. The van der Waals surface area contributed by atoms with Crippen LogP contribution in [0.5, 0.6) is 0 Å². The van der Waals surface area contributed by atoms with Crippen molar-refractivity contribution in [3.8, 4) is 10.6 Å². The number of carbonyl (C=O) groups excluding carboxylic acids is 1. The number of carbonyl (C=O) groups is 1. The summed E-state index contributed by atoms with van der Waals surface area (Å²) in [5.41, 5.74) is 0.867. The van der Waals surface area contributed by atoms with E-state index in [9.17, 15) is 18.0 Å². The Kier molecular flexibility index (Phi) is 5.27. The van der Waals surface area contributed by atoms with E-state index in [4.69, 9.17) is 0 Å². The highest BCUT2D eigenvalue weighted by atomic mass is 32.1. The van der Waals surface area contributed by atoms with Crippen LogP contribution in [-0.2, 0) is 6.18 Å². The second kappa shape index (κ2) is 7.87. The average Bonchev–Trinajstić information content (AvgIpc) is 3.39. The van der Waals surface area contributed by atoms with E-state index < -0.39 is 22.7 Å². The van der Waals surface area contributed by atoms with Crippen molar-refractivity contribution in [3.63, 3.8) is 0 Å². The Morgan fingerprint density at radius 1 is 1.00 bits per heavy atom. The van der Waals surface area contributed by atoms with Gasteiger partial charge in [-0.3, -0.25) is 4.79 Å². The molecule has 0 saturated carbocycles. The molecule has 29 heavy (non-hydrogen) atoms. The largest absolute Gasteiger partial charge is 0.435 e. The lowest BCUT2D eigenvalue weighted by molar-refractivity contribution is -0.140. The number of halogens is 3. The normalized spacial score (nSPS) is 14.2. The Morgan fingerprint density at radius 3 is 2.28 bits per heavy atom. The maximum Gasteiger partial charge on any atom is 0.435 e. The summed E-state index contributed by atoms with van der Waals surface area (Å²) in [5, 5.41) is 2.73. The molecule has 0 aliphatic carbocycles. The third-order valence-electron chi connectivity index (χ3n) is 4.72. The van der Waals surface area contributed by atoms with Crippen LogP contribution in [0.4, 0.5) is 24.5 Å². The van der Waals surface area contributed by atoms with E-state index >= 15 is 0 Å². The molecule has 150 valence electrons. The van der Waals surface area contributed by atoms with Crippen LogP contribution >= 0.6 is 11.3 Å². The van der Waals surface area contributed by atoms with Gasteiger partial charge in [0, 0.05) is 30.0 Å². The molecule has 1 aliphatic rings. The van der Waals surface area contributed by atoms with Gasteiger partial charge in [-0.2, -0.15) is 13.2 Å². The summed E-state index contributed by atoms with van der Waals surface area (Å²) >= 11 is 0.739. The Balaban J connectivity index is 1.58. The van der Waals surface area contributed by atoms with Gasteiger partial charge in [0.15, 0.2) is 5.69 Å². The van der Waals surface area contributed by atoms with Gasteiger partial charge in [0.25, 0.3) is 5.91 Å². The van der Waals surface area contributed by atoms with Crippen molar-refractivity contribution >= 4 is 28.6 Å². The van der Waals surface area contributed by atoms with Crippen LogP contribution in [0, 0.1) is 0 Å². The van der Waals surface area contributed by atoms with Crippen LogP contribution in [0.2, 0.25) is 0 Å². The molecule has 1 fully saturated rings. The molecule has 2 heterocycles. The predicted molar refractivity (Wildman–Crippen MR) is 108 cm³/mol. The van der Waals surface area contributed by atoms with Gasteiger partial charge in [-0.1, -0.05) is 30.3 Å². The third-order valence-corrected chi connectivity index (χ3v) is 5.82. The van der Waals surface area contributed by atoms with Gasteiger partial charge in [-0.25, -0.2) is 4.98 Å². The van der Waals surface area contributed by atoms with Crippen molar-refractivity contribution in [1.29, 1.82) is 0 Å². The van der Waals surface area contributed by atoms with E-state index in [2.05, 4.69) is 15.2 Å². The van der Waals surface area contributed by atoms with E-state index in [0.29, 0.717) is 11.3 Å². The van der Waals surface area contributed by atoms with Gasteiger partial charge in [0.1, 0.15) is 9.88 Å². The van der Waals surface area contributed by atoms with E-state index in [1.807, 2.05) is 12.1 Å².